The Bertz CT molecular complexity index is 1070. The largest absolute Gasteiger partial charge is 0.462 e. The standard InChI is InChI=1S/C52H90O6/c1-4-7-10-13-16-19-22-24-25-26-27-29-30-33-36-39-42-45-51(54)57-48-49(47-56-50(53)44-41-38-35-32-21-18-15-12-9-6-3)58-52(55)46-43-40-37-34-31-28-23-20-17-14-11-8-5-2/h8,11-12,15,17,20,28,31,37,40,49H,4-7,9-10,13-14,16,18-19,21-27,29-30,32-36,38-39,41-48H2,1-3H3/b11-8-,15-12-,20-17-,31-28-,40-37-. The summed E-state index contributed by atoms with van der Waals surface area (Å²) in [6.45, 7) is 6.39. The minimum atomic E-state index is -0.811. The highest BCUT2D eigenvalue weighted by Crippen LogP contribution is 2.15. The molecule has 0 aliphatic rings. The van der Waals surface area contributed by atoms with E-state index in [0.717, 1.165) is 83.5 Å². The summed E-state index contributed by atoms with van der Waals surface area (Å²) in [6.07, 6.45) is 56.5. The normalized spacial score (nSPS) is 12.5. The van der Waals surface area contributed by atoms with E-state index >= 15 is 0 Å². The Hall–Kier alpha value is -2.89. The van der Waals surface area contributed by atoms with Crippen LogP contribution < -0.4 is 0 Å². The molecule has 0 rings (SSSR count). The molecule has 6 nitrogen and oxygen atoms in total. The molecule has 0 spiro atoms. The van der Waals surface area contributed by atoms with Gasteiger partial charge in [0, 0.05) is 19.3 Å². The minimum Gasteiger partial charge on any atom is -0.462 e. The van der Waals surface area contributed by atoms with Crippen molar-refractivity contribution in [2.24, 2.45) is 0 Å². The highest BCUT2D eigenvalue weighted by molar-refractivity contribution is 5.71. The molecule has 1 unspecified atom stereocenters. The predicted octanol–water partition coefficient (Wildman–Crippen LogP) is 15.7. The highest BCUT2D eigenvalue weighted by Gasteiger charge is 2.19. The molecule has 0 aromatic heterocycles. The van der Waals surface area contributed by atoms with Gasteiger partial charge in [-0.05, 0) is 64.2 Å². The van der Waals surface area contributed by atoms with Crippen LogP contribution in [0.2, 0.25) is 0 Å². The average molecular weight is 811 g/mol. The Morgan fingerprint density at radius 2 is 0.741 bits per heavy atom. The number of carbonyl (C=O) groups is 3. The molecule has 0 radical (unpaired) electrons. The molecule has 0 amide bonds. The zero-order valence-electron chi connectivity index (χ0n) is 38.0. The van der Waals surface area contributed by atoms with Gasteiger partial charge in [-0.15, -0.1) is 0 Å². The van der Waals surface area contributed by atoms with E-state index in [1.54, 1.807) is 0 Å². The molecule has 0 fully saturated rings. The fourth-order valence-electron chi connectivity index (χ4n) is 6.63. The van der Waals surface area contributed by atoms with Crippen molar-refractivity contribution < 1.29 is 28.6 Å². The summed E-state index contributed by atoms with van der Waals surface area (Å²) in [6, 6.07) is 0. The van der Waals surface area contributed by atoms with Crippen molar-refractivity contribution in [2.75, 3.05) is 13.2 Å². The van der Waals surface area contributed by atoms with Crippen LogP contribution in [0.5, 0.6) is 0 Å². The van der Waals surface area contributed by atoms with Crippen molar-refractivity contribution in [2.45, 2.75) is 239 Å². The molecule has 0 aromatic carbocycles. The molecule has 334 valence electrons. The SMILES string of the molecule is CC/C=C\C/C=C\C/C=C\C/C=C\CCC(=O)OC(COC(=O)CCCCCCC/C=C\CCC)COC(=O)CCCCCCCCCCCCCCCCCCC. The first-order valence-electron chi connectivity index (χ1n) is 24.3. The van der Waals surface area contributed by atoms with Gasteiger partial charge in [0.15, 0.2) is 6.10 Å². The van der Waals surface area contributed by atoms with Gasteiger partial charge >= 0.3 is 17.9 Å². The lowest BCUT2D eigenvalue weighted by atomic mass is 10.0. The Morgan fingerprint density at radius 1 is 0.362 bits per heavy atom. The summed E-state index contributed by atoms with van der Waals surface area (Å²) in [7, 11) is 0. The monoisotopic (exact) mass is 811 g/mol. The zero-order valence-corrected chi connectivity index (χ0v) is 38.0. The third-order valence-electron chi connectivity index (χ3n) is 10.3. The van der Waals surface area contributed by atoms with Crippen LogP contribution >= 0.6 is 0 Å². The van der Waals surface area contributed by atoms with Gasteiger partial charge in [0.25, 0.3) is 0 Å². The Balaban J connectivity index is 4.40. The van der Waals surface area contributed by atoms with E-state index in [0.29, 0.717) is 19.3 Å². The first-order valence-corrected chi connectivity index (χ1v) is 24.3. The molecule has 0 heterocycles. The van der Waals surface area contributed by atoms with Crippen molar-refractivity contribution in [3.8, 4) is 0 Å². The number of hydrogen-bond acceptors (Lipinski definition) is 6. The van der Waals surface area contributed by atoms with Gasteiger partial charge in [-0.25, -0.2) is 0 Å². The summed E-state index contributed by atoms with van der Waals surface area (Å²) < 4.78 is 16.6. The lowest BCUT2D eigenvalue weighted by molar-refractivity contribution is -0.166. The van der Waals surface area contributed by atoms with Gasteiger partial charge < -0.3 is 14.2 Å². The molecule has 0 aliphatic carbocycles. The third kappa shape index (κ3) is 44.2. The molecule has 1 atom stereocenters. The number of ether oxygens (including phenoxy) is 3. The van der Waals surface area contributed by atoms with Crippen LogP contribution in [0.25, 0.3) is 0 Å². The topological polar surface area (TPSA) is 78.9 Å². The van der Waals surface area contributed by atoms with Crippen molar-refractivity contribution >= 4 is 17.9 Å². The maximum atomic E-state index is 12.7. The first-order chi connectivity index (χ1) is 28.5. The van der Waals surface area contributed by atoms with Crippen LogP contribution in [0, 0.1) is 0 Å². The van der Waals surface area contributed by atoms with E-state index in [4.69, 9.17) is 14.2 Å². The van der Waals surface area contributed by atoms with Gasteiger partial charge in [0.05, 0.1) is 0 Å². The fraction of sp³-hybridized carbons (Fsp3) is 0.750. The zero-order chi connectivity index (χ0) is 42.3. The van der Waals surface area contributed by atoms with Crippen LogP contribution in [0.1, 0.15) is 233 Å². The number of unbranched alkanes of at least 4 members (excludes halogenated alkanes) is 22. The molecule has 0 saturated carbocycles. The van der Waals surface area contributed by atoms with Gasteiger partial charge in [-0.1, -0.05) is 210 Å². The molecule has 0 aliphatic heterocycles. The van der Waals surface area contributed by atoms with Crippen LogP contribution in [0.3, 0.4) is 0 Å². The molecular weight excluding hydrogens is 721 g/mol. The second-order valence-corrected chi connectivity index (χ2v) is 16.0. The molecule has 0 N–H and O–H groups in total. The quantitative estimate of drug-likeness (QED) is 0.0264. The Morgan fingerprint density at radius 3 is 1.19 bits per heavy atom. The van der Waals surface area contributed by atoms with Crippen LogP contribution in [0.4, 0.5) is 0 Å². The third-order valence-corrected chi connectivity index (χ3v) is 10.3. The summed E-state index contributed by atoms with van der Waals surface area (Å²) >= 11 is 0. The Kier molecular flexibility index (Phi) is 44.5. The van der Waals surface area contributed by atoms with Gasteiger partial charge in [-0.2, -0.15) is 0 Å². The van der Waals surface area contributed by atoms with Crippen molar-refractivity contribution in [3.05, 3.63) is 60.8 Å². The van der Waals surface area contributed by atoms with E-state index < -0.39 is 12.1 Å². The van der Waals surface area contributed by atoms with Crippen molar-refractivity contribution in [1.29, 1.82) is 0 Å². The maximum Gasteiger partial charge on any atom is 0.306 e. The second kappa shape index (κ2) is 46.8. The molecule has 58 heavy (non-hydrogen) atoms. The number of carbonyl (C=O) groups excluding carboxylic acids is 3. The minimum absolute atomic E-state index is 0.104. The van der Waals surface area contributed by atoms with E-state index in [1.807, 2.05) is 12.2 Å². The second-order valence-electron chi connectivity index (χ2n) is 16.0. The van der Waals surface area contributed by atoms with E-state index in [2.05, 4.69) is 69.4 Å². The maximum absolute atomic E-state index is 12.7. The van der Waals surface area contributed by atoms with E-state index in [-0.39, 0.29) is 31.6 Å². The Labute approximate surface area is 358 Å². The average Bonchev–Trinajstić information content (AvgIpc) is 3.22. The fourth-order valence-corrected chi connectivity index (χ4v) is 6.63. The van der Waals surface area contributed by atoms with E-state index in [1.165, 1.54) is 103 Å². The number of hydrogen-bond donors (Lipinski definition) is 0. The molecule has 0 bridgehead atoms. The summed E-state index contributed by atoms with van der Waals surface area (Å²) in [4.78, 5) is 37.8. The first kappa shape index (κ1) is 55.1. The van der Waals surface area contributed by atoms with Crippen LogP contribution in [-0.4, -0.2) is 37.2 Å². The summed E-state index contributed by atoms with van der Waals surface area (Å²) in [5.74, 6) is -0.996. The summed E-state index contributed by atoms with van der Waals surface area (Å²) in [5, 5.41) is 0. The van der Waals surface area contributed by atoms with Gasteiger partial charge in [0.2, 0.25) is 0 Å². The molecule has 6 heteroatoms. The van der Waals surface area contributed by atoms with Crippen LogP contribution in [0.15, 0.2) is 60.8 Å². The number of rotatable bonds is 43. The van der Waals surface area contributed by atoms with Crippen molar-refractivity contribution in [1.82, 2.24) is 0 Å². The lowest BCUT2D eigenvalue weighted by Crippen LogP contribution is -2.30. The number of allylic oxidation sites excluding steroid dienone is 10. The molecule has 0 aromatic rings. The molecular formula is C52H90O6. The predicted molar refractivity (Wildman–Crippen MR) is 247 cm³/mol. The highest BCUT2D eigenvalue weighted by atomic mass is 16.6. The van der Waals surface area contributed by atoms with Gasteiger partial charge in [0.1, 0.15) is 13.2 Å². The number of esters is 3. The van der Waals surface area contributed by atoms with Gasteiger partial charge in [-0.3, -0.25) is 14.4 Å². The van der Waals surface area contributed by atoms with Crippen LogP contribution in [-0.2, 0) is 28.6 Å². The van der Waals surface area contributed by atoms with E-state index in [9.17, 15) is 14.4 Å². The smallest absolute Gasteiger partial charge is 0.306 e. The summed E-state index contributed by atoms with van der Waals surface area (Å²) in [5.41, 5.74) is 0. The lowest BCUT2D eigenvalue weighted by Gasteiger charge is -2.18. The van der Waals surface area contributed by atoms with Crippen molar-refractivity contribution in [3.63, 3.8) is 0 Å². The molecule has 0 saturated heterocycles.